The number of nitrogens with one attached hydrogen (secondary N) is 2. The Bertz CT molecular complexity index is 803. The van der Waals surface area contributed by atoms with E-state index in [1.54, 1.807) is 42.6 Å². The zero-order valence-corrected chi connectivity index (χ0v) is 15.2. The van der Waals surface area contributed by atoms with Gasteiger partial charge in [0, 0.05) is 19.3 Å². The molecule has 2 aromatic rings. The average molecular weight is 369 g/mol. The van der Waals surface area contributed by atoms with Gasteiger partial charge in [0.2, 0.25) is 5.88 Å². The summed E-state index contributed by atoms with van der Waals surface area (Å²) in [5.41, 5.74) is 1.14. The number of anilines is 1. The van der Waals surface area contributed by atoms with Gasteiger partial charge in [0.15, 0.2) is 0 Å². The summed E-state index contributed by atoms with van der Waals surface area (Å²) in [7, 11) is 0. The fourth-order valence-electron chi connectivity index (χ4n) is 2.90. The Kier molecular flexibility index (Phi) is 6.38. The summed E-state index contributed by atoms with van der Waals surface area (Å²) in [6.45, 7) is 3.42. The predicted molar refractivity (Wildman–Crippen MR) is 101 cm³/mol. The second-order valence-electron chi connectivity index (χ2n) is 6.13. The fourth-order valence-corrected chi connectivity index (χ4v) is 2.90. The zero-order chi connectivity index (χ0) is 19.1. The summed E-state index contributed by atoms with van der Waals surface area (Å²) in [5.74, 6) is -0.374. The molecule has 2 heterocycles. The van der Waals surface area contributed by atoms with Gasteiger partial charge in [-0.15, -0.1) is 0 Å². The summed E-state index contributed by atoms with van der Waals surface area (Å²) < 4.78 is 10.9. The van der Waals surface area contributed by atoms with Crippen LogP contribution in [0.4, 0.5) is 5.69 Å². The standard InChI is InChI=1S/C20H23N3O4/c1-2-26-20-16(9-5-11-21-20)19(25)23-17-10-4-3-8-15(17)18(24)22-13-14-7-6-12-27-14/h3-5,8-11,14H,2,6-7,12-13H2,1H3,(H,22,24)(H,23,25). The molecule has 2 N–H and O–H groups in total. The van der Waals surface area contributed by atoms with Crippen molar-refractivity contribution in [1.82, 2.24) is 10.3 Å². The molecule has 1 aromatic heterocycles. The van der Waals surface area contributed by atoms with Crippen molar-refractivity contribution in [3.05, 3.63) is 53.7 Å². The summed E-state index contributed by atoms with van der Waals surface area (Å²) in [5, 5.41) is 5.66. The van der Waals surface area contributed by atoms with Gasteiger partial charge in [-0.3, -0.25) is 9.59 Å². The predicted octanol–water partition coefficient (Wildman–Crippen LogP) is 2.64. The maximum Gasteiger partial charge on any atom is 0.261 e. The van der Waals surface area contributed by atoms with Crippen LogP contribution in [0.15, 0.2) is 42.6 Å². The molecule has 7 heteroatoms. The SMILES string of the molecule is CCOc1ncccc1C(=O)Nc1ccccc1C(=O)NCC1CCCO1. The van der Waals surface area contributed by atoms with Crippen LogP contribution in [-0.2, 0) is 4.74 Å². The lowest BCUT2D eigenvalue weighted by atomic mass is 10.1. The van der Waals surface area contributed by atoms with E-state index in [0.29, 0.717) is 30.0 Å². The molecule has 1 aliphatic rings. The number of para-hydroxylation sites is 1. The van der Waals surface area contributed by atoms with Crippen molar-refractivity contribution in [2.24, 2.45) is 0 Å². The maximum absolute atomic E-state index is 12.7. The minimum Gasteiger partial charge on any atom is -0.477 e. The number of hydrogen-bond acceptors (Lipinski definition) is 5. The molecule has 1 atom stereocenters. The van der Waals surface area contributed by atoms with Crippen molar-refractivity contribution in [2.45, 2.75) is 25.9 Å². The number of pyridine rings is 1. The van der Waals surface area contributed by atoms with Crippen LogP contribution >= 0.6 is 0 Å². The van der Waals surface area contributed by atoms with Gasteiger partial charge in [-0.2, -0.15) is 0 Å². The minimum absolute atomic E-state index is 0.0554. The molecule has 27 heavy (non-hydrogen) atoms. The molecule has 1 unspecified atom stereocenters. The number of nitrogens with zero attached hydrogens (tertiary/aromatic N) is 1. The van der Waals surface area contributed by atoms with Gasteiger partial charge in [-0.25, -0.2) is 4.98 Å². The number of benzene rings is 1. The summed E-state index contributed by atoms with van der Waals surface area (Å²) in [4.78, 5) is 29.3. The Hall–Kier alpha value is -2.93. The quantitative estimate of drug-likeness (QED) is 0.783. The van der Waals surface area contributed by atoms with E-state index in [1.807, 2.05) is 6.92 Å². The maximum atomic E-state index is 12.7. The van der Waals surface area contributed by atoms with E-state index in [4.69, 9.17) is 9.47 Å². The van der Waals surface area contributed by atoms with Crippen molar-refractivity contribution in [3.63, 3.8) is 0 Å². The molecule has 0 aliphatic carbocycles. The van der Waals surface area contributed by atoms with E-state index in [0.717, 1.165) is 19.4 Å². The third-order valence-corrected chi connectivity index (χ3v) is 4.23. The molecule has 0 spiro atoms. The average Bonchev–Trinajstić information content (AvgIpc) is 3.21. The van der Waals surface area contributed by atoms with Crippen molar-refractivity contribution >= 4 is 17.5 Å². The van der Waals surface area contributed by atoms with Crippen molar-refractivity contribution in [1.29, 1.82) is 0 Å². The number of carbonyl (C=O) groups excluding carboxylic acids is 2. The normalized spacial score (nSPS) is 16.0. The van der Waals surface area contributed by atoms with Crippen LogP contribution in [0.2, 0.25) is 0 Å². The number of amides is 2. The smallest absolute Gasteiger partial charge is 0.261 e. The Morgan fingerprint density at radius 1 is 1.19 bits per heavy atom. The number of rotatable bonds is 7. The molecular weight excluding hydrogens is 346 g/mol. The Labute approximate surface area is 158 Å². The van der Waals surface area contributed by atoms with Gasteiger partial charge < -0.3 is 20.1 Å². The molecule has 3 rings (SSSR count). The highest BCUT2D eigenvalue weighted by atomic mass is 16.5. The topological polar surface area (TPSA) is 89.5 Å². The largest absolute Gasteiger partial charge is 0.477 e. The van der Waals surface area contributed by atoms with Crippen LogP contribution in [0, 0.1) is 0 Å². The summed E-state index contributed by atoms with van der Waals surface area (Å²) in [6.07, 6.45) is 3.58. The monoisotopic (exact) mass is 369 g/mol. The molecule has 0 saturated carbocycles. The Balaban J connectivity index is 1.72. The molecule has 1 aliphatic heterocycles. The van der Waals surface area contributed by atoms with Crippen LogP contribution in [0.25, 0.3) is 0 Å². The van der Waals surface area contributed by atoms with E-state index in [-0.39, 0.29) is 23.8 Å². The first-order valence-corrected chi connectivity index (χ1v) is 9.07. The number of ether oxygens (including phenoxy) is 2. The zero-order valence-electron chi connectivity index (χ0n) is 15.2. The molecule has 1 fully saturated rings. The second kappa shape index (κ2) is 9.14. The molecule has 0 radical (unpaired) electrons. The lowest BCUT2D eigenvalue weighted by Gasteiger charge is -2.14. The third kappa shape index (κ3) is 4.83. The molecule has 1 aromatic carbocycles. The van der Waals surface area contributed by atoms with E-state index in [9.17, 15) is 9.59 Å². The van der Waals surface area contributed by atoms with Gasteiger partial charge in [0.05, 0.1) is 24.0 Å². The molecule has 0 bridgehead atoms. The van der Waals surface area contributed by atoms with Gasteiger partial charge in [0.25, 0.3) is 11.8 Å². The van der Waals surface area contributed by atoms with E-state index in [2.05, 4.69) is 15.6 Å². The second-order valence-corrected chi connectivity index (χ2v) is 6.13. The van der Waals surface area contributed by atoms with Gasteiger partial charge in [-0.1, -0.05) is 12.1 Å². The summed E-state index contributed by atoms with van der Waals surface area (Å²) in [6, 6.07) is 10.2. The van der Waals surface area contributed by atoms with Gasteiger partial charge in [-0.05, 0) is 44.0 Å². The van der Waals surface area contributed by atoms with E-state index < -0.39 is 0 Å². The third-order valence-electron chi connectivity index (χ3n) is 4.23. The van der Waals surface area contributed by atoms with E-state index in [1.165, 1.54) is 0 Å². The highest BCUT2D eigenvalue weighted by molar-refractivity contribution is 6.09. The van der Waals surface area contributed by atoms with Crippen molar-refractivity contribution in [2.75, 3.05) is 25.1 Å². The lowest BCUT2D eigenvalue weighted by molar-refractivity contribution is 0.0858. The number of carbonyl (C=O) groups is 2. The van der Waals surface area contributed by atoms with Crippen LogP contribution in [-0.4, -0.2) is 42.7 Å². The Morgan fingerprint density at radius 3 is 2.78 bits per heavy atom. The Morgan fingerprint density at radius 2 is 2.00 bits per heavy atom. The molecular formula is C20H23N3O4. The fraction of sp³-hybridized carbons (Fsp3) is 0.350. The molecule has 7 nitrogen and oxygen atoms in total. The highest BCUT2D eigenvalue weighted by Gasteiger charge is 2.20. The van der Waals surface area contributed by atoms with Gasteiger partial charge in [0.1, 0.15) is 5.56 Å². The molecule has 1 saturated heterocycles. The van der Waals surface area contributed by atoms with Crippen LogP contribution in [0.1, 0.15) is 40.5 Å². The summed E-state index contributed by atoms with van der Waals surface area (Å²) >= 11 is 0. The first-order valence-electron chi connectivity index (χ1n) is 9.07. The molecule has 2 amide bonds. The van der Waals surface area contributed by atoms with Crippen molar-refractivity contribution < 1.29 is 19.1 Å². The number of hydrogen-bond donors (Lipinski definition) is 2. The van der Waals surface area contributed by atoms with Crippen LogP contribution < -0.4 is 15.4 Å². The first kappa shape index (κ1) is 18.8. The van der Waals surface area contributed by atoms with Crippen LogP contribution in [0.3, 0.4) is 0 Å². The minimum atomic E-state index is -0.383. The highest BCUT2D eigenvalue weighted by Crippen LogP contribution is 2.20. The van der Waals surface area contributed by atoms with Crippen molar-refractivity contribution in [3.8, 4) is 5.88 Å². The lowest BCUT2D eigenvalue weighted by Crippen LogP contribution is -2.32. The van der Waals surface area contributed by atoms with Crippen LogP contribution in [0.5, 0.6) is 5.88 Å². The van der Waals surface area contributed by atoms with Gasteiger partial charge >= 0.3 is 0 Å². The van der Waals surface area contributed by atoms with E-state index >= 15 is 0 Å². The molecule has 142 valence electrons. The first-order chi connectivity index (χ1) is 13.2. The number of aromatic nitrogens is 1.